The monoisotopic (exact) mass is 447 g/mol. The Morgan fingerprint density at radius 2 is 1.88 bits per heavy atom. The number of carbonyl (C=O) groups is 1. The van der Waals surface area contributed by atoms with Crippen molar-refractivity contribution in [2.45, 2.75) is 51.6 Å². The lowest BCUT2D eigenvalue weighted by atomic mass is 10.0. The van der Waals surface area contributed by atoms with Gasteiger partial charge >= 0.3 is 0 Å². The zero-order chi connectivity index (χ0) is 21.5. The maximum absolute atomic E-state index is 13.5. The molecule has 5 heterocycles. The summed E-state index contributed by atoms with van der Waals surface area (Å²) in [7, 11) is 0. The molecule has 7 heteroatoms. The van der Waals surface area contributed by atoms with E-state index in [1.165, 1.54) is 41.4 Å². The minimum atomic E-state index is 0.112. The van der Waals surface area contributed by atoms with Crippen molar-refractivity contribution in [2.75, 3.05) is 19.6 Å². The summed E-state index contributed by atoms with van der Waals surface area (Å²) in [6.07, 6.45) is 9.01. The van der Waals surface area contributed by atoms with Crippen LogP contribution in [0.1, 0.15) is 59.5 Å². The van der Waals surface area contributed by atoms with Gasteiger partial charge in [-0.05, 0) is 30.9 Å². The molecule has 1 amide bonds. The molecule has 0 unspecified atom stereocenters. The highest BCUT2D eigenvalue weighted by molar-refractivity contribution is 7.15. The second kappa shape index (κ2) is 8.37. The third-order valence-corrected chi connectivity index (χ3v) is 7.80. The molecule has 1 fully saturated rings. The minimum absolute atomic E-state index is 0.112. The number of aromatic amines is 1. The van der Waals surface area contributed by atoms with E-state index in [0.717, 1.165) is 62.6 Å². The number of aromatic nitrogens is 3. The SMILES string of the molecule is O=C(c1nc2sccn2c1CN1CCc2c([nH]c3ccccc23)C1)N1CCCCCCC1. The highest BCUT2D eigenvalue weighted by Gasteiger charge is 2.28. The van der Waals surface area contributed by atoms with E-state index in [0.29, 0.717) is 5.69 Å². The number of nitrogens with zero attached hydrogens (tertiary/aromatic N) is 4. The zero-order valence-electron chi connectivity index (χ0n) is 18.3. The fourth-order valence-electron chi connectivity index (χ4n) is 5.35. The predicted octanol–water partition coefficient (Wildman–Crippen LogP) is 4.84. The Morgan fingerprint density at radius 1 is 1.06 bits per heavy atom. The molecule has 3 aromatic heterocycles. The van der Waals surface area contributed by atoms with E-state index in [1.54, 1.807) is 11.3 Å². The second-order valence-electron chi connectivity index (χ2n) is 9.11. The van der Waals surface area contributed by atoms with Gasteiger partial charge in [0.1, 0.15) is 0 Å². The van der Waals surface area contributed by atoms with Gasteiger partial charge in [-0.15, -0.1) is 11.3 Å². The van der Waals surface area contributed by atoms with Gasteiger partial charge in [-0.25, -0.2) is 4.98 Å². The first kappa shape index (κ1) is 20.0. The van der Waals surface area contributed by atoms with Gasteiger partial charge in [0.25, 0.3) is 5.91 Å². The first-order valence-corrected chi connectivity index (χ1v) is 12.7. The van der Waals surface area contributed by atoms with Crippen LogP contribution >= 0.6 is 11.3 Å². The van der Waals surface area contributed by atoms with Crippen LogP contribution in [0, 0.1) is 0 Å². The van der Waals surface area contributed by atoms with Crippen molar-refractivity contribution in [2.24, 2.45) is 0 Å². The van der Waals surface area contributed by atoms with E-state index < -0.39 is 0 Å². The number of fused-ring (bicyclic) bond motifs is 4. The fourth-order valence-corrected chi connectivity index (χ4v) is 6.08. The predicted molar refractivity (Wildman–Crippen MR) is 128 cm³/mol. The molecule has 0 saturated carbocycles. The number of hydrogen-bond acceptors (Lipinski definition) is 4. The molecular formula is C25H29N5OS. The number of nitrogens with one attached hydrogen (secondary N) is 1. The smallest absolute Gasteiger partial charge is 0.274 e. The maximum Gasteiger partial charge on any atom is 0.274 e. The Bertz CT molecular complexity index is 1260. The third-order valence-electron chi connectivity index (χ3n) is 7.04. The number of para-hydroxylation sites is 1. The summed E-state index contributed by atoms with van der Waals surface area (Å²) in [5.74, 6) is 0.112. The molecule has 1 N–H and O–H groups in total. The lowest BCUT2D eigenvalue weighted by Gasteiger charge is -2.28. The van der Waals surface area contributed by atoms with Crippen molar-refractivity contribution < 1.29 is 4.79 Å². The van der Waals surface area contributed by atoms with Crippen LogP contribution in [0.2, 0.25) is 0 Å². The van der Waals surface area contributed by atoms with Crippen molar-refractivity contribution in [3.63, 3.8) is 0 Å². The first-order valence-electron chi connectivity index (χ1n) is 11.8. The lowest BCUT2D eigenvalue weighted by molar-refractivity contribution is 0.0734. The summed E-state index contributed by atoms with van der Waals surface area (Å²) in [5.41, 5.74) is 5.66. The summed E-state index contributed by atoms with van der Waals surface area (Å²) in [5, 5.41) is 3.40. The Labute approximate surface area is 191 Å². The third kappa shape index (κ3) is 3.53. The van der Waals surface area contributed by atoms with Crippen molar-refractivity contribution in [3.8, 4) is 0 Å². The quantitative estimate of drug-likeness (QED) is 0.489. The van der Waals surface area contributed by atoms with Gasteiger partial charge in [0.15, 0.2) is 10.7 Å². The van der Waals surface area contributed by atoms with Crippen LogP contribution in [0.25, 0.3) is 15.9 Å². The van der Waals surface area contributed by atoms with Crippen LogP contribution in [0.15, 0.2) is 35.8 Å². The number of thiazole rings is 1. The van der Waals surface area contributed by atoms with Gasteiger partial charge in [-0.3, -0.25) is 14.1 Å². The summed E-state index contributed by atoms with van der Waals surface area (Å²) in [6, 6.07) is 8.58. The molecule has 32 heavy (non-hydrogen) atoms. The van der Waals surface area contributed by atoms with Crippen LogP contribution < -0.4 is 0 Å². The molecule has 6 nitrogen and oxygen atoms in total. The van der Waals surface area contributed by atoms with Crippen LogP contribution in [-0.4, -0.2) is 49.7 Å². The molecule has 0 radical (unpaired) electrons. The fraction of sp³-hybridized carbons (Fsp3) is 0.440. The van der Waals surface area contributed by atoms with Gasteiger partial charge in [0.2, 0.25) is 0 Å². The summed E-state index contributed by atoms with van der Waals surface area (Å²) >= 11 is 1.60. The van der Waals surface area contributed by atoms with Crippen molar-refractivity contribution in [1.82, 2.24) is 24.2 Å². The summed E-state index contributed by atoms with van der Waals surface area (Å²) in [4.78, 5) is 27.4. The van der Waals surface area contributed by atoms with E-state index >= 15 is 0 Å². The second-order valence-corrected chi connectivity index (χ2v) is 9.98. The Hall–Kier alpha value is -2.64. The molecule has 0 bridgehead atoms. The Balaban J connectivity index is 1.28. The molecule has 2 aliphatic rings. The van der Waals surface area contributed by atoms with E-state index in [4.69, 9.17) is 4.98 Å². The average molecular weight is 448 g/mol. The average Bonchev–Trinajstić information content (AvgIpc) is 3.47. The number of rotatable bonds is 3. The standard InChI is InChI=1S/C25H29N5OS/c31-24(29-11-6-2-1-3-7-12-29)23-22(30-14-15-32-25(30)27-23)17-28-13-10-19-18-8-4-5-9-20(18)26-21(19)16-28/h4-5,8-9,14-15,26H,1-3,6-7,10-13,16-17H2. The van der Waals surface area contributed by atoms with Gasteiger partial charge in [0, 0.05) is 60.9 Å². The molecule has 1 saturated heterocycles. The van der Waals surface area contributed by atoms with Crippen LogP contribution in [-0.2, 0) is 19.5 Å². The topological polar surface area (TPSA) is 56.6 Å². The van der Waals surface area contributed by atoms with Crippen molar-refractivity contribution in [1.29, 1.82) is 0 Å². The minimum Gasteiger partial charge on any atom is -0.357 e. The molecule has 0 aliphatic carbocycles. The number of likely N-dealkylation sites (tertiary alicyclic amines) is 1. The molecule has 1 aromatic carbocycles. The number of hydrogen-bond donors (Lipinski definition) is 1. The zero-order valence-corrected chi connectivity index (χ0v) is 19.2. The number of H-pyrrole nitrogens is 1. The van der Waals surface area contributed by atoms with E-state index in [9.17, 15) is 4.79 Å². The van der Waals surface area contributed by atoms with Gasteiger partial charge in [-0.1, -0.05) is 37.5 Å². The molecule has 0 atom stereocenters. The summed E-state index contributed by atoms with van der Waals surface area (Å²) < 4.78 is 2.13. The van der Waals surface area contributed by atoms with Crippen LogP contribution in [0.4, 0.5) is 0 Å². The molecular weight excluding hydrogens is 418 g/mol. The molecule has 166 valence electrons. The van der Waals surface area contributed by atoms with Gasteiger partial charge < -0.3 is 9.88 Å². The Morgan fingerprint density at radius 3 is 2.75 bits per heavy atom. The van der Waals surface area contributed by atoms with Crippen molar-refractivity contribution >= 4 is 33.1 Å². The normalized spacial score (nSPS) is 18.1. The molecule has 4 aromatic rings. The van der Waals surface area contributed by atoms with E-state index in [1.807, 2.05) is 4.90 Å². The Kier molecular flexibility index (Phi) is 5.23. The van der Waals surface area contributed by atoms with E-state index in [-0.39, 0.29) is 5.91 Å². The number of benzene rings is 1. The van der Waals surface area contributed by atoms with Crippen molar-refractivity contribution in [3.05, 3.63) is 58.5 Å². The first-order chi connectivity index (χ1) is 15.8. The van der Waals surface area contributed by atoms with E-state index in [2.05, 4.69) is 50.1 Å². The number of amides is 1. The van der Waals surface area contributed by atoms with Crippen LogP contribution in [0.3, 0.4) is 0 Å². The van der Waals surface area contributed by atoms with Crippen LogP contribution in [0.5, 0.6) is 0 Å². The number of carbonyl (C=O) groups excluding carboxylic acids is 1. The largest absolute Gasteiger partial charge is 0.357 e. The lowest BCUT2D eigenvalue weighted by Crippen LogP contribution is -2.36. The highest BCUT2D eigenvalue weighted by atomic mass is 32.1. The molecule has 0 spiro atoms. The summed E-state index contributed by atoms with van der Waals surface area (Å²) in [6.45, 7) is 4.31. The maximum atomic E-state index is 13.5. The molecule has 6 rings (SSSR count). The number of imidazole rings is 1. The van der Waals surface area contributed by atoms with Gasteiger partial charge in [-0.2, -0.15) is 0 Å². The molecule has 2 aliphatic heterocycles. The highest BCUT2D eigenvalue weighted by Crippen LogP contribution is 2.29. The van der Waals surface area contributed by atoms with Gasteiger partial charge in [0.05, 0.1) is 5.69 Å².